The van der Waals surface area contributed by atoms with Crippen LogP contribution in [0.15, 0.2) is 67.2 Å². The minimum absolute atomic E-state index is 0.0521. The van der Waals surface area contributed by atoms with Crippen molar-refractivity contribution in [1.29, 1.82) is 0 Å². The topological polar surface area (TPSA) is 70.2 Å². The van der Waals surface area contributed by atoms with Gasteiger partial charge in [-0.15, -0.1) is 0 Å². The van der Waals surface area contributed by atoms with Crippen LogP contribution in [0.5, 0.6) is 0 Å². The fourth-order valence-electron chi connectivity index (χ4n) is 2.86. The summed E-state index contributed by atoms with van der Waals surface area (Å²) in [5.74, 6) is -0.533. The maximum Gasteiger partial charge on any atom is 0.238 e. The maximum absolute atomic E-state index is 12.1. The number of halogens is 1. The van der Waals surface area contributed by atoms with Gasteiger partial charge in [-0.05, 0) is 53.1 Å². The lowest BCUT2D eigenvalue weighted by atomic mass is 10.1. The summed E-state index contributed by atoms with van der Waals surface area (Å²) in [5, 5.41) is 5.62. The molecule has 0 saturated carbocycles. The highest BCUT2D eigenvalue weighted by atomic mass is 35.5. The molecule has 0 heterocycles. The van der Waals surface area contributed by atoms with E-state index in [1.54, 1.807) is 18.2 Å². The van der Waals surface area contributed by atoms with Crippen LogP contribution in [0.4, 0.5) is 5.69 Å². The first kappa shape index (κ1) is 20.4. The number of amides is 2. The van der Waals surface area contributed by atoms with Gasteiger partial charge in [-0.3, -0.25) is 20.4 Å². The van der Waals surface area contributed by atoms with Crippen LogP contribution in [0.1, 0.15) is 24.0 Å². The predicted octanol–water partition coefficient (Wildman–Crippen LogP) is 4.81. The molecular formula is C23H22ClN3O2. The monoisotopic (exact) mass is 407 g/mol. The van der Waals surface area contributed by atoms with E-state index in [0.717, 1.165) is 21.9 Å². The first-order valence-corrected chi connectivity index (χ1v) is 9.59. The largest absolute Gasteiger partial charge is 0.326 e. The smallest absolute Gasteiger partial charge is 0.238 e. The summed E-state index contributed by atoms with van der Waals surface area (Å²) < 4.78 is 0. The Kier molecular flexibility index (Phi) is 6.52. The summed E-state index contributed by atoms with van der Waals surface area (Å²) in [6, 6.07) is 19.2. The summed E-state index contributed by atoms with van der Waals surface area (Å²) >= 11 is 5.91. The molecule has 6 heteroatoms. The summed E-state index contributed by atoms with van der Waals surface area (Å²) in [6.45, 7) is 5.81. The zero-order chi connectivity index (χ0) is 20.8. The average Bonchev–Trinajstić information content (AvgIpc) is 2.72. The highest BCUT2D eigenvalue weighted by Gasteiger charge is 2.09. The molecule has 0 spiro atoms. The van der Waals surface area contributed by atoms with Crippen molar-refractivity contribution < 1.29 is 9.59 Å². The third-order valence-electron chi connectivity index (χ3n) is 4.49. The van der Waals surface area contributed by atoms with Crippen LogP contribution in [0.2, 0.25) is 5.02 Å². The Morgan fingerprint density at radius 3 is 2.38 bits per heavy atom. The molecule has 29 heavy (non-hydrogen) atoms. The van der Waals surface area contributed by atoms with E-state index in [4.69, 9.17) is 11.6 Å². The highest BCUT2D eigenvalue weighted by Crippen LogP contribution is 2.20. The second-order valence-electron chi connectivity index (χ2n) is 6.72. The van der Waals surface area contributed by atoms with Crippen LogP contribution in [-0.4, -0.2) is 11.8 Å². The molecule has 3 aromatic rings. The van der Waals surface area contributed by atoms with Crippen molar-refractivity contribution in [1.82, 2.24) is 10.9 Å². The van der Waals surface area contributed by atoms with Crippen molar-refractivity contribution in [3.8, 4) is 0 Å². The third kappa shape index (κ3) is 5.59. The van der Waals surface area contributed by atoms with Crippen LogP contribution >= 0.6 is 11.6 Å². The van der Waals surface area contributed by atoms with Crippen molar-refractivity contribution in [2.75, 3.05) is 5.32 Å². The van der Waals surface area contributed by atoms with Gasteiger partial charge in [0.25, 0.3) is 0 Å². The molecule has 5 nitrogen and oxygen atoms in total. The van der Waals surface area contributed by atoms with Crippen LogP contribution < -0.4 is 16.2 Å². The molecular weight excluding hydrogens is 386 g/mol. The Balaban J connectivity index is 1.46. The van der Waals surface area contributed by atoms with Crippen molar-refractivity contribution in [2.45, 2.75) is 19.8 Å². The predicted molar refractivity (Wildman–Crippen MR) is 118 cm³/mol. The summed E-state index contributed by atoms with van der Waals surface area (Å²) in [5.41, 5.74) is 8.39. The molecule has 3 rings (SSSR count). The number of rotatable bonds is 7. The van der Waals surface area contributed by atoms with Gasteiger partial charge in [0.1, 0.15) is 0 Å². The molecule has 0 atom stereocenters. The Hall–Kier alpha value is -3.31. The molecule has 3 N–H and O–H groups in total. The van der Waals surface area contributed by atoms with Gasteiger partial charge in [0.05, 0.1) is 5.70 Å². The average molecular weight is 408 g/mol. The van der Waals surface area contributed by atoms with E-state index in [2.05, 4.69) is 22.7 Å². The number of fused-ring (bicyclic) bond motifs is 1. The van der Waals surface area contributed by atoms with Gasteiger partial charge >= 0.3 is 0 Å². The first-order chi connectivity index (χ1) is 13.9. The van der Waals surface area contributed by atoms with Crippen molar-refractivity contribution >= 4 is 45.6 Å². The first-order valence-electron chi connectivity index (χ1n) is 9.21. The van der Waals surface area contributed by atoms with Crippen LogP contribution in [-0.2, 0) is 9.59 Å². The number of nitrogens with one attached hydrogen (secondary N) is 3. The molecule has 0 fully saturated rings. The van der Waals surface area contributed by atoms with E-state index in [9.17, 15) is 9.59 Å². The SMILES string of the molecule is C=C(NNC(=O)CCC(=O)Nc1ccc(Cl)cc1C)c1ccc2ccccc2c1. The molecule has 3 aromatic carbocycles. The number of aryl methyl sites for hydroxylation is 1. The lowest BCUT2D eigenvalue weighted by molar-refractivity contribution is -0.124. The van der Waals surface area contributed by atoms with E-state index in [0.29, 0.717) is 16.4 Å². The lowest BCUT2D eigenvalue weighted by Crippen LogP contribution is -2.36. The number of carbonyl (C=O) groups excluding carboxylic acids is 2. The maximum atomic E-state index is 12.1. The molecule has 0 saturated heterocycles. The van der Waals surface area contributed by atoms with E-state index >= 15 is 0 Å². The minimum atomic E-state index is -0.296. The van der Waals surface area contributed by atoms with Gasteiger partial charge in [0.2, 0.25) is 11.8 Å². The van der Waals surface area contributed by atoms with Crippen LogP contribution in [0, 0.1) is 6.92 Å². The number of hydrogen-bond acceptors (Lipinski definition) is 3. The summed E-state index contributed by atoms with van der Waals surface area (Å²) in [4.78, 5) is 24.1. The zero-order valence-corrected chi connectivity index (χ0v) is 16.8. The number of benzene rings is 3. The quantitative estimate of drug-likeness (QED) is 0.492. The molecule has 0 bridgehead atoms. The summed E-state index contributed by atoms with van der Waals surface area (Å²) in [7, 11) is 0. The molecule has 0 radical (unpaired) electrons. The third-order valence-corrected chi connectivity index (χ3v) is 4.73. The Morgan fingerprint density at radius 1 is 0.897 bits per heavy atom. The van der Waals surface area contributed by atoms with Crippen LogP contribution in [0.3, 0.4) is 0 Å². The van der Waals surface area contributed by atoms with E-state index in [1.807, 2.05) is 49.4 Å². The van der Waals surface area contributed by atoms with Gasteiger partial charge in [-0.25, -0.2) is 0 Å². The van der Waals surface area contributed by atoms with Crippen LogP contribution in [0.25, 0.3) is 16.5 Å². The minimum Gasteiger partial charge on any atom is -0.326 e. The molecule has 0 aromatic heterocycles. The zero-order valence-electron chi connectivity index (χ0n) is 16.1. The van der Waals surface area contributed by atoms with Gasteiger partial charge in [-0.1, -0.05) is 54.6 Å². The van der Waals surface area contributed by atoms with Gasteiger partial charge in [0, 0.05) is 23.6 Å². The van der Waals surface area contributed by atoms with Gasteiger partial charge < -0.3 is 5.32 Å². The van der Waals surface area contributed by atoms with E-state index < -0.39 is 0 Å². The number of hydrogen-bond donors (Lipinski definition) is 3. The number of hydrazine groups is 1. The number of anilines is 1. The Bertz CT molecular complexity index is 1080. The Morgan fingerprint density at radius 2 is 1.62 bits per heavy atom. The summed E-state index contributed by atoms with van der Waals surface area (Å²) in [6.07, 6.45) is 0.120. The fourth-order valence-corrected chi connectivity index (χ4v) is 3.09. The highest BCUT2D eigenvalue weighted by molar-refractivity contribution is 6.30. The van der Waals surface area contributed by atoms with Gasteiger partial charge in [-0.2, -0.15) is 0 Å². The fraction of sp³-hybridized carbons (Fsp3) is 0.130. The normalized spacial score (nSPS) is 10.4. The molecule has 0 aliphatic rings. The van der Waals surface area contributed by atoms with E-state index in [1.165, 1.54) is 0 Å². The van der Waals surface area contributed by atoms with Gasteiger partial charge in [0.15, 0.2) is 0 Å². The molecule has 0 aliphatic heterocycles. The Labute approximate surface area is 174 Å². The molecule has 0 aliphatic carbocycles. The second-order valence-corrected chi connectivity index (χ2v) is 7.16. The van der Waals surface area contributed by atoms with Crippen molar-refractivity contribution in [3.05, 3.63) is 83.4 Å². The van der Waals surface area contributed by atoms with Crippen molar-refractivity contribution in [2.24, 2.45) is 0 Å². The molecule has 148 valence electrons. The second kappa shape index (κ2) is 9.26. The van der Waals surface area contributed by atoms with Crippen molar-refractivity contribution in [3.63, 3.8) is 0 Å². The standard InChI is InChI=1S/C23H22ClN3O2/c1-15-13-20(24)9-10-21(15)25-22(28)11-12-23(29)27-26-16(2)18-8-7-17-5-3-4-6-19(17)14-18/h3-10,13-14,26H,2,11-12H2,1H3,(H,25,28)(H,27,29). The molecule has 0 unspecified atom stereocenters. The lowest BCUT2D eigenvalue weighted by Gasteiger charge is -2.12. The number of carbonyl (C=O) groups is 2. The van der Waals surface area contributed by atoms with E-state index in [-0.39, 0.29) is 24.7 Å². The molecule has 2 amide bonds.